The first kappa shape index (κ1) is 17.8. The van der Waals surface area contributed by atoms with Gasteiger partial charge in [-0.05, 0) is 44.2 Å². The lowest BCUT2D eigenvalue weighted by molar-refractivity contribution is -0.117. The molecule has 2 aliphatic rings. The molecule has 2 amide bonds. The number of amides is 2. The Hall–Kier alpha value is -3.55. The SMILES string of the molecule is CCOC(=O)c1ccc2c(c1)NC(=O)[C@@H](C)N2C(=O)c1cccc2c1OCO2. The number of anilines is 2. The highest BCUT2D eigenvalue weighted by molar-refractivity contribution is 6.18. The second-order valence-electron chi connectivity index (χ2n) is 6.33. The summed E-state index contributed by atoms with van der Waals surface area (Å²) in [5.74, 6) is -0.405. The van der Waals surface area contributed by atoms with Gasteiger partial charge in [0.25, 0.3) is 5.91 Å². The quantitative estimate of drug-likeness (QED) is 0.820. The molecule has 0 bridgehead atoms. The van der Waals surface area contributed by atoms with Crippen molar-refractivity contribution in [3.8, 4) is 11.5 Å². The van der Waals surface area contributed by atoms with Gasteiger partial charge in [-0.25, -0.2) is 4.79 Å². The normalized spacial score (nSPS) is 17.0. The first-order chi connectivity index (χ1) is 13.5. The number of rotatable bonds is 3. The number of hydrogen-bond donors (Lipinski definition) is 1. The number of carbonyl (C=O) groups is 3. The molecule has 28 heavy (non-hydrogen) atoms. The van der Waals surface area contributed by atoms with E-state index in [9.17, 15) is 14.4 Å². The maximum Gasteiger partial charge on any atom is 0.338 e. The van der Waals surface area contributed by atoms with Crippen LogP contribution in [0.4, 0.5) is 11.4 Å². The molecule has 1 atom stereocenters. The van der Waals surface area contributed by atoms with Crippen molar-refractivity contribution in [1.82, 2.24) is 0 Å². The van der Waals surface area contributed by atoms with E-state index in [-0.39, 0.29) is 19.3 Å². The molecule has 2 heterocycles. The number of hydrogen-bond acceptors (Lipinski definition) is 6. The van der Waals surface area contributed by atoms with Gasteiger partial charge in [-0.3, -0.25) is 14.5 Å². The molecule has 0 unspecified atom stereocenters. The van der Waals surface area contributed by atoms with Gasteiger partial charge in [-0.15, -0.1) is 0 Å². The van der Waals surface area contributed by atoms with Crippen LogP contribution >= 0.6 is 0 Å². The van der Waals surface area contributed by atoms with Gasteiger partial charge in [-0.2, -0.15) is 0 Å². The Bertz CT molecular complexity index is 987. The van der Waals surface area contributed by atoms with Gasteiger partial charge < -0.3 is 19.5 Å². The van der Waals surface area contributed by atoms with E-state index in [2.05, 4.69) is 5.32 Å². The van der Waals surface area contributed by atoms with E-state index in [1.807, 2.05) is 0 Å². The summed E-state index contributed by atoms with van der Waals surface area (Å²) in [7, 11) is 0. The molecule has 4 rings (SSSR count). The standard InChI is InChI=1S/C20H18N2O6/c1-3-26-20(25)12-7-8-15-14(9-12)21-18(23)11(2)22(15)19(24)13-5-4-6-16-17(13)28-10-27-16/h4-9,11H,3,10H2,1-2H3,(H,21,23)/t11-/m1/s1. The summed E-state index contributed by atoms with van der Waals surface area (Å²) < 4.78 is 15.8. The molecule has 0 fully saturated rings. The van der Waals surface area contributed by atoms with Crippen molar-refractivity contribution in [2.24, 2.45) is 0 Å². The number of carbonyl (C=O) groups excluding carboxylic acids is 3. The van der Waals surface area contributed by atoms with Crippen LogP contribution in [-0.2, 0) is 9.53 Å². The number of para-hydroxylation sites is 1. The summed E-state index contributed by atoms with van der Waals surface area (Å²) in [6.45, 7) is 3.63. The lowest BCUT2D eigenvalue weighted by Crippen LogP contribution is -2.49. The summed E-state index contributed by atoms with van der Waals surface area (Å²) in [5.41, 5.74) is 1.45. The van der Waals surface area contributed by atoms with Crippen LogP contribution in [0.25, 0.3) is 0 Å². The van der Waals surface area contributed by atoms with E-state index in [1.54, 1.807) is 44.2 Å². The minimum Gasteiger partial charge on any atom is -0.462 e. The topological polar surface area (TPSA) is 94.2 Å². The first-order valence-electron chi connectivity index (χ1n) is 8.85. The molecule has 2 aromatic carbocycles. The lowest BCUT2D eigenvalue weighted by Gasteiger charge is -2.34. The van der Waals surface area contributed by atoms with E-state index in [0.717, 1.165) is 0 Å². The molecule has 0 spiro atoms. The van der Waals surface area contributed by atoms with Crippen LogP contribution in [0.2, 0.25) is 0 Å². The monoisotopic (exact) mass is 382 g/mol. The molecular formula is C20H18N2O6. The molecule has 2 aromatic rings. The minimum atomic E-state index is -0.744. The van der Waals surface area contributed by atoms with Gasteiger partial charge in [0.05, 0.1) is 29.1 Å². The largest absolute Gasteiger partial charge is 0.462 e. The van der Waals surface area contributed by atoms with Crippen molar-refractivity contribution in [1.29, 1.82) is 0 Å². The second-order valence-corrected chi connectivity index (χ2v) is 6.33. The van der Waals surface area contributed by atoms with Gasteiger partial charge in [-0.1, -0.05) is 6.07 Å². The van der Waals surface area contributed by atoms with E-state index >= 15 is 0 Å². The predicted octanol–water partition coefficient (Wildman–Crippen LogP) is 2.58. The van der Waals surface area contributed by atoms with Crippen molar-refractivity contribution < 1.29 is 28.6 Å². The van der Waals surface area contributed by atoms with Crippen LogP contribution in [-0.4, -0.2) is 37.2 Å². The second kappa shape index (κ2) is 6.88. The molecule has 8 nitrogen and oxygen atoms in total. The fourth-order valence-corrected chi connectivity index (χ4v) is 3.26. The zero-order chi connectivity index (χ0) is 19.8. The number of nitrogens with zero attached hydrogens (tertiary/aromatic N) is 1. The van der Waals surface area contributed by atoms with E-state index in [0.29, 0.717) is 34.0 Å². The summed E-state index contributed by atoms with van der Waals surface area (Å²) >= 11 is 0. The molecule has 1 N–H and O–H groups in total. The Balaban J connectivity index is 1.76. The van der Waals surface area contributed by atoms with Crippen molar-refractivity contribution in [3.05, 3.63) is 47.5 Å². The highest BCUT2D eigenvalue weighted by atomic mass is 16.7. The zero-order valence-corrected chi connectivity index (χ0v) is 15.4. The molecule has 2 aliphatic heterocycles. The number of nitrogens with one attached hydrogen (secondary N) is 1. The molecule has 144 valence electrons. The van der Waals surface area contributed by atoms with Crippen LogP contribution in [0, 0.1) is 0 Å². The van der Waals surface area contributed by atoms with Crippen LogP contribution in [0.3, 0.4) is 0 Å². The maximum absolute atomic E-state index is 13.3. The van der Waals surface area contributed by atoms with E-state index < -0.39 is 17.9 Å². The minimum absolute atomic E-state index is 0.0369. The number of fused-ring (bicyclic) bond motifs is 2. The smallest absolute Gasteiger partial charge is 0.338 e. The molecule has 8 heteroatoms. The van der Waals surface area contributed by atoms with Crippen molar-refractivity contribution >= 4 is 29.2 Å². The Morgan fingerprint density at radius 1 is 1.25 bits per heavy atom. The molecular weight excluding hydrogens is 364 g/mol. The van der Waals surface area contributed by atoms with Crippen molar-refractivity contribution in [2.75, 3.05) is 23.6 Å². The molecule has 0 aromatic heterocycles. The van der Waals surface area contributed by atoms with Gasteiger partial charge in [0.2, 0.25) is 12.7 Å². The van der Waals surface area contributed by atoms with Crippen molar-refractivity contribution in [2.45, 2.75) is 19.9 Å². The molecule has 0 aliphatic carbocycles. The number of benzene rings is 2. The van der Waals surface area contributed by atoms with Gasteiger partial charge in [0.15, 0.2) is 11.5 Å². The maximum atomic E-state index is 13.3. The third-order valence-electron chi connectivity index (χ3n) is 4.64. The van der Waals surface area contributed by atoms with Gasteiger partial charge in [0.1, 0.15) is 6.04 Å². The highest BCUT2D eigenvalue weighted by Crippen LogP contribution is 2.39. The summed E-state index contributed by atoms with van der Waals surface area (Å²) in [6.07, 6.45) is 0. The number of esters is 1. The fraction of sp³-hybridized carbons (Fsp3) is 0.250. The third kappa shape index (κ3) is 2.83. The van der Waals surface area contributed by atoms with E-state index in [4.69, 9.17) is 14.2 Å². The summed E-state index contributed by atoms with van der Waals surface area (Å²) in [6, 6.07) is 8.98. The van der Waals surface area contributed by atoms with Crippen LogP contribution < -0.4 is 19.7 Å². The van der Waals surface area contributed by atoms with Crippen molar-refractivity contribution in [3.63, 3.8) is 0 Å². The van der Waals surface area contributed by atoms with Crippen LogP contribution in [0.5, 0.6) is 11.5 Å². The molecule has 0 radical (unpaired) electrons. The first-order valence-corrected chi connectivity index (χ1v) is 8.85. The van der Waals surface area contributed by atoms with Gasteiger partial charge in [0, 0.05) is 0 Å². The van der Waals surface area contributed by atoms with Gasteiger partial charge >= 0.3 is 5.97 Å². The molecule has 0 saturated heterocycles. The van der Waals surface area contributed by atoms with Crippen LogP contribution in [0.1, 0.15) is 34.6 Å². The summed E-state index contributed by atoms with van der Waals surface area (Å²) in [4.78, 5) is 39.2. The van der Waals surface area contributed by atoms with E-state index in [1.165, 1.54) is 11.0 Å². The zero-order valence-electron chi connectivity index (χ0n) is 15.4. The average molecular weight is 382 g/mol. The predicted molar refractivity (Wildman–Crippen MR) is 99.9 cm³/mol. The summed E-state index contributed by atoms with van der Waals surface area (Å²) in [5, 5.41) is 2.74. The lowest BCUT2D eigenvalue weighted by atomic mass is 10.0. The average Bonchev–Trinajstić information content (AvgIpc) is 3.17. The third-order valence-corrected chi connectivity index (χ3v) is 4.64. The number of ether oxygens (including phenoxy) is 3. The Morgan fingerprint density at radius 3 is 2.86 bits per heavy atom. The fourth-order valence-electron chi connectivity index (χ4n) is 3.26. The Kier molecular flexibility index (Phi) is 4.38. The Morgan fingerprint density at radius 2 is 2.07 bits per heavy atom. The highest BCUT2D eigenvalue weighted by Gasteiger charge is 2.37. The Labute approximate surface area is 161 Å². The van der Waals surface area contributed by atoms with Crippen LogP contribution in [0.15, 0.2) is 36.4 Å². The molecule has 0 saturated carbocycles.